The first-order chi connectivity index (χ1) is 12.2. The molecule has 126 valence electrons. The van der Waals surface area contributed by atoms with Crippen molar-refractivity contribution in [3.8, 4) is 11.5 Å². The number of ether oxygens (including phenoxy) is 1. The Kier molecular flexibility index (Phi) is 4.85. The number of anilines is 1. The molecule has 25 heavy (non-hydrogen) atoms. The predicted molar refractivity (Wildman–Crippen MR) is 99.8 cm³/mol. The molecule has 0 aliphatic heterocycles. The second kappa shape index (κ2) is 7.40. The largest absolute Gasteiger partial charge is 0.507 e. The molecular weight excluding hydrogens is 316 g/mol. The van der Waals surface area contributed by atoms with Gasteiger partial charge in [0.1, 0.15) is 11.5 Å². The van der Waals surface area contributed by atoms with E-state index >= 15 is 0 Å². The Labute approximate surface area is 145 Å². The van der Waals surface area contributed by atoms with Gasteiger partial charge in [-0.3, -0.25) is 0 Å². The number of urea groups is 1. The molecule has 0 saturated carbocycles. The molecule has 3 aromatic rings. The van der Waals surface area contributed by atoms with Gasteiger partial charge in [0.2, 0.25) is 0 Å². The van der Waals surface area contributed by atoms with Crippen LogP contribution in [0, 0.1) is 0 Å². The zero-order chi connectivity index (χ0) is 17.6. The van der Waals surface area contributed by atoms with Crippen molar-refractivity contribution in [1.82, 2.24) is 5.32 Å². The zero-order valence-electron chi connectivity index (χ0n) is 13.7. The Hall–Kier alpha value is -3.47. The van der Waals surface area contributed by atoms with E-state index in [2.05, 4.69) is 10.6 Å². The molecule has 0 unspecified atom stereocenters. The van der Waals surface area contributed by atoms with E-state index in [1.807, 2.05) is 30.3 Å². The van der Waals surface area contributed by atoms with Crippen LogP contribution in [0.1, 0.15) is 5.56 Å². The second-order valence-electron chi connectivity index (χ2n) is 5.38. The summed E-state index contributed by atoms with van der Waals surface area (Å²) < 4.78 is 5.10. The molecule has 0 bridgehead atoms. The maximum absolute atomic E-state index is 12.1. The van der Waals surface area contributed by atoms with Crippen LogP contribution in [0.5, 0.6) is 11.5 Å². The molecule has 0 saturated heterocycles. The average Bonchev–Trinajstić information content (AvgIpc) is 2.63. The predicted octanol–water partition coefficient (Wildman–Crippen LogP) is 4.35. The highest BCUT2D eigenvalue weighted by atomic mass is 16.5. The fourth-order valence-electron chi connectivity index (χ4n) is 2.49. The van der Waals surface area contributed by atoms with Crippen LogP contribution >= 0.6 is 0 Å². The number of rotatable bonds is 4. The van der Waals surface area contributed by atoms with Gasteiger partial charge in [0.15, 0.2) is 0 Å². The molecule has 0 fully saturated rings. The molecule has 0 heterocycles. The summed E-state index contributed by atoms with van der Waals surface area (Å²) in [6, 6.07) is 17.7. The van der Waals surface area contributed by atoms with Crippen molar-refractivity contribution in [3.05, 3.63) is 72.4 Å². The van der Waals surface area contributed by atoms with Gasteiger partial charge in [0.25, 0.3) is 0 Å². The molecule has 5 heteroatoms. The van der Waals surface area contributed by atoms with Crippen molar-refractivity contribution in [2.24, 2.45) is 0 Å². The fourth-order valence-corrected chi connectivity index (χ4v) is 2.49. The van der Waals surface area contributed by atoms with E-state index in [0.29, 0.717) is 11.1 Å². The first kappa shape index (κ1) is 16.4. The van der Waals surface area contributed by atoms with Gasteiger partial charge in [-0.2, -0.15) is 0 Å². The fraction of sp³-hybridized carbons (Fsp3) is 0.0500. The third-order valence-electron chi connectivity index (χ3n) is 3.75. The van der Waals surface area contributed by atoms with Gasteiger partial charge >= 0.3 is 6.03 Å². The van der Waals surface area contributed by atoms with Crippen molar-refractivity contribution < 1.29 is 14.6 Å². The molecule has 0 atom stereocenters. The number of benzene rings is 3. The molecule has 3 N–H and O–H groups in total. The molecule has 3 aromatic carbocycles. The van der Waals surface area contributed by atoms with Crippen LogP contribution in [-0.4, -0.2) is 18.2 Å². The smallest absolute Gasteiger partial charge is 0.323 e. The number of nitrogens with one attached hydrogen (secondary N) is 2. The maximum atomic E-state index is 12.1. The number of amides is 2. The molecule has 0 spiro atoms. The van der Waals surface area contributed by atoms with Crippen molar-refractivity contribution in [3.63, 3.8) is 0 Å². The van der Waals surface area contributed by atoms with Crippen LogP contribution in [0.3, 0.4) is 0 Å². The quantitative estimate of drug-likeness (QED) is 0.664. The third-order valence-corrected chi connectivity index (χ3v) is 3.75. The van der Waals surface area contributed by atoms with Crippen LogP contribution in [0.2, 0.25) is 0 Å². The number of phenolic OH excluding ortho intramolecular Hbond substituents is 1. The van der Waals surface area contributed by atoms with Gasteiger partial charge in [-0.05, 0) is 35.9 Å². The minimum Gasteiger partial charge on any atom is -0.507 e. The summed E-state index contributed by atoms with van der Waals surface area (Å²) in [4.78, 5) is 12.1. The summed E-state index contributed by atoms with van der Waals surface area (Å²) >= 11 is 0. The number of methoxy groups -OCH3 is 1. The van der Waals surface area contributed by atoms with E-state index in [1.165, 1.54) is 0 Å². The van der Waals surface area contributed by atoms with Gasteiger partial charge in [0, 0.05) is 17.0 Å². The van der Waals surface area contributed by atoms with Crippen LogP contribution in [0.25, 0.3) is 16.8 Å². The molecule has 0 aliphatic rings. The summed E-state index contributed by atoms with van der Waals surface area (Å²) in [5.74, 6) is 0.961. The van der Waals surface area contributed by atoms with Gasteiger partial charge in [-0.25, -0.2) is 4.79 Å². The summed E-state index contributed by atoms with van der Waals surface area (Å²) in [5, 5.41) is 16.8. The Bertz CT molecular complexity index is 918. The minimum atomic E-state index is -0.361. The van der Waals surface area contributed by atoms with Crippen LogP contribution in [0.4, 0.5) is 10.5 Å². The number of hydrogen-bond donors (Lipinski definition) is 3. The van der Waals surface area contributed by atoms with E-state index < -0.39 is 0 Å². The lowest BCUT2D eigenvalue weighted by atomic mass is 10.1. The highest BCUT2D eigenvalue weighted by Gasteiger charge is 2.06. The summed E-state index contributed by atoms with van der Waals surface area (Å²) in [6.45, 7) is 0. The first-order valence-electron chi connectivity index (χ1n) is 7.76. The Morgan fingerprint density at radius 1 is 1.00 bits per heavy atom. The van der Waals surface area contributed by atoms with Crippen molar-refractivity contribution in [2.75, 3.05) is 12.4 Å². The number of carbonyl (C=O) groups excluding carboxylic acids is 1. The van der Waals surface area contributed by atoms with E-state index in [1.54, 1.807) is 49.7 Å². The number of fused-ring (bicyclic) bond motifs is 1. The third kappa shape index (κ3) is 3.90. The van der Waals surface area contributed by atoms with Crippen LogP contribution < -0.4 is 15.4 Å². The number of carbonyl (C=O) groups is 1. The van der Waals surface area contributed by atoms with Crippen molar-refractivity contribution in [2.45, 2.75) is 0 Å². The van der Waals surface area contributed by atoms with E-state index in [9.17, 15) is 9.90 Å². The lowest BCUT2D eigenvalue weighted by Gasteiger charge is -2.09. The Balaban J connectivity index is 1.66. The molecule has 2 amide bonds. The van der Waals surface area contributed by atoms with Crippen LogP contribution in [-0.2, 0) is 0 Å². The van der Waals surface area contributed by atoms with E-state index in [0.717, 1.165) is 16.7 Å². The lowest BCUT2D eigenvalue weighted by Crippen LogP contribution is -2.23. The topological polar surface area (TPSA) is 70.6 Å². The molecule has 0 radical (unpaired) electrons. The van der Waals surface area contributed by atoms with Gasteiger partial charge in [0.05, 0.1) is 12.8 Å². The summed E-state index contributed by atoms with van der Waals surface area (Å²) in [6.07, 6.45) is 3.35. The maximum Gasteiger partial charge on any atom is 0.323 e. The molecule has 5 nitrogen and oxygen atoms in total. The number of aromatic hydroxyl groups is 1. The Morgan fingerprint density at radius 2 is 1.72 bits per heavy atom. The zero-order valence-corrected chi connectivity index (χ0v) is 13.7. The van der Waals surface area contributed by atoms with Gasteiger partial charge < -0.3 is 20.5 Å². The standard InChI is InChI=1S/C20H18N2O3/c1-25-15-10-8-14(9-11-15)12-13-21-20(24)22-18-6-2-5-17-16(18)4-3-7-19(17)23/h2-13,23H,1H3,(H2,21,22,24)/b13-12+. The average molecular weight is 334 g/mol. The Morgan fingerprint density at radius 3 is 2.48 bits per heavy atom. The monoisotopic (exact) mass is 334 g/mol. The summed E-state index contributed by atoms with van der Waals surface area (Å²) in [7, 11) is 1.61. The molecule has 0 aromatic heterocycles. The normalized spacial score (nSPS) is 10.8. The number of phenols is 1. The highest BCUT2D eigenvalue weighted by molar-refractivity contribution is 6.03. The summed E-state index contributed by atoms with van der Waals surface area (Å²) in [5.41, 5.74) is 1.57. The molecule has 3 rings (SSSR count). The van der Waals surface area contributed by atoms with Crippen molar-refractivity contribution in [1.29, 1.82) is 0 Å². The molecular formula is C20H18N2O3. The van der Waals surface area contributed by atoms with Gasteiger partial charge in [-0.1, -0.05) is 36.4 Å². The molecule has 0 aliphatic carbocycles. The van der Waals surface area contributed by atoms with E-state index in [4.69, 9.17) is 4.74 Å². The van der Waals surface area contributed by atoms with E-state index in [-0.39, 0.29) is 11.8 Å². The number of hydrogen-bond acceptors (Lipinski definition) is 3. The van der Waals surface area contributed by atoms with Crippen LogP contribution in [0.15, 0.2) is 66.9 Å². The second-order valence-corrected chi connectivity index (χ2v) is 5.38. The van der Waals surface area contributed by atoms with Crippen molar-refractivity contribution >= 4 is 28.6 Å². The highest BCUT2D eigenvalue weighted by Crippen LogP contribution is 2.29. The van der Waals surface area contributed by atoms with Gasteiger partial charge in [-0.15, -0.1) is 0 Å². The SMILES string of the molecule is COc1ccc(/C=C/NC(=O)Nc2cccc3c(O)cccc23)cc1. The first-order valence-corrected chi connectivity index (χ1v) is 7.76. The minimum absolute atomic E-state index is 0.181. The lowest BCUT2D eigenvalue weighted by molar-refractivity contribution is 0.255.